The maximum absolute atomic E-state index is 12.2. The average Bonchev–Trinajstić information content (AvgIpc) is 2.62. The summed E-state index contributed by atoms with van der Waals surface area (Å²) in [7, 11) is 0. The van der Waals surface area contributed by atoms with Crippen LogP contribution in [0.25, 0.3) is 0 Å². The minimum Gasteiger partial charge on any atom is -0.453 e. The Kier molecular flexibility index (Phi) is 3.08. The van der Waals surface area contributed by atoms with E-state index in [1.807, 2.05) is 6.92 Å². The Balaban J connectivity index is 1.92. The van der Waals surface area contributed by atoms with Gasteiger partial charge in [-0.1, -0.05) is 26.2 Å². The molecule has 3 rings (SSSR count). The largest absolute Gasteiger partial charge is 0.453 e. The molecule has 112 valence electrons. The second kappa shape index (κ2) is 4.45. The molecular weight excluding hydrogens is 258 g/mol. The molecule has 2 N–H and O–H groups in total. The van der Waals surface area contributed by atoms with Gasteiger partial charge in [-0.05, 0) is 32.1 Å². The first-order chi connectivity index (χ1) is 9.47. The van der Waals surface area contributed by atoms with E-state index in [0.29, 0.717) is 6.42 Å². The summed E-state index contributed by atoms with van der Waals surface area (Å²) < 4.78 is 5.36. The molecule has 20 heavy (non-hydrogen) atoms. The van der Waals surface area contributed by atoms with E-state index in [0.717, 1.165) is 25.7 Å². The van der Waals surface area contributed by atoms with Crippen molar-refractivity contribution in [2.45, 2.75) is 69.6 Å². The summed E-state index contributed by atoms with van der Waals surface area (Å²) in [5.74, 6) is -0.927. The predicted molar refractivity (Wildman–Crippen MR) is 71.7 cm³/mol. The lowest BCUT2D eigenvalue weighted by atomic mass is 9.64. The first-order valence-corrected chi connectivity index (χ1v) is 7.71. The van der Waals surface area contributed by atoms with Gasteiger partial charge >= 0.3 is 5.97 Å². The van der Waals surface area contributed by atoms with Gasteiger partial charge in [0.2, 0.25) is 11.4 Å². The molecule has 1 aliphatic carbocycles. The molecule has 5 nitrogen and oxygen atoms in total. The number of fused-ring (bicyclic) bond motifs is 1. The van der Waals surface area contributed by atoms with E-state index in [2.05, 4.69) is 5.32 Å². The minimum atomic E-state index is -1.22. The van der Waals surface area contributed by atoms with E-state index in [1.165, 1.54) is 6.42 Å². The lowest BCUT2D eigenvalue weighted by Crippen LogP contribution is -2.80. The lowest BCUT2D eigenvalue weighted by molar-refractivity contribution is -0.240. The molecule has 3 fully saturated rings. The molecule has 0 aromatic carbocycles. The summed E-state index contributed by atoms with van der Waals surface area (Å²) in [4.78, 5) is 24.3. The van der Waals surface area contributed by atoms with Crippen LogP contribution >= 0.6 is 0 Å². The van der Waals surface area contributed by atoms with Crippen LogP contribution in [0.3, 0.4) is 0 Å². The molecule has 1 saturated carbocycles. The molecule has 0 aromatic heterocycles. The first-order valence-electron chi connectivity index (χ1n) is 7.71. The monoisotopic (exact) mass is 281 g/mol. The second-order valence-corrected chi connectivity index (χ2v) is 6.60. The molecule has 0 aromatic rings. The number of ether oxygens (including phenoxy) is 1. The second-order valence-electron chi connectivity index (χ2n) is 6.60. The van der Waals surface area contributed by atoms with Crippen molar-refractivity contribution in [3.8, 4) is 0 Å². The highest BCUT2D eigenvalue weighted by atomic mass is 16.6. The quantitative estimate of drug-likeness (QED) is 0.761. The summed E-state index contributed by atoms with van der Waals surface area (Å²) in [6.07, 6.45) is 4.94. The van der Waals surface area contributed by atoms with Crippen LogP contribution in [-0.4, -0.2) is 34.2 Å². The van der Waals surface area contributed by atoms with Gasteiger partial charge in [0.05, 0.1) is 12.0 Å². The highest BCUT2D eigenvalue weighted by Crippen LogP contribution is 2.53. The van der Waals surface area contributed by atoms with Gasteiger partial charge in [0.15, 0.2) is 5.60 Å². The zero-order valence-electron chi connectivity index (χ0n) is 12.1. The van der Waals surface area contributed by atoms with Gasteiger partial charge in [-0.25, -0.2) is 4.79 Å². The Bertz CT molecular complexity index is 445. The number of hydrogen-bond donors (Lipinski definition) is 2. The van der Waals surface area contributed by atoms with Crippen LogP contribution in [0.15, 0.2) is 0 Å². The van der Waals surface area contributed by atoms with Gasteiger partial charge in [0, 0.05) is 0 Å². The van der Waals surface area contributed by atoms with Crippen LogP contribution in [0.5, 0.6) is 0 Å². The van der Waals surface area contributed by atoms with Crippen LogP contribution in [0, 0.1) is 11.8 Å². The zero-order valence-corrected chi connectivity index (χ0v) is 12.1. The number of aliphatic hydroxyl groups excluding tert-OH is 1. The number of carbonyl (C=O) groups excluding carboxylic acids is 2. The minimum absolute atomic E-state index is 0.0758. The summed E-state index contributed by atoms with van der Waals surface area (Å²) >= 11 is 0. The molecule has 2 saturated heterocycles. The molecule has 0 unspecified atom stereocenters. The van der Waals surface area contributed by atoms with Gasteiger partial charge in [0.1, 0.15) is 0 Å². The van der Waals surface area contributed by atoms with E-state index in [4.69, 9.17) is 4.74 Å². The van der Waals surface area contributed by atoms with E-state index < -0.39 is 23.2 Å². The number of amides is 1. The maximum Gasteiger partial charge on any atom is 0.339 e. The molecule has 1 amide bonds. The van der Waals surface area contributed by atoms with Gasteiger partial charge in [0.25, 0.3) is 0 Å². The van der Waals surface area contributed by atoms with Crippen molar-refractivity contribution in [2.75, 3.05) is 0 Å². The third-order valence-corrected chi connectivity index (χ3v) is 5.66. The van der Waals surface area contributed by atoms with Gasteiger partial charge < -0.3 is 15.2 Å². The highest BCUT2D eigenvalue weighted by molar-refractivity contribution is 6.01. The Morgan fingerprint density at radius 3 is 2.55 bits per heavy atom. The normalized spacial score (nSPS) is 42.5. The van der Waals surface area contributed by atoms with Crippen molar-refractivity contribution in [3.63, 3.8) is 0 Å². The number of esters is 1. The van der Waals surface area contributed by atoms with Crippen LogP contribution in [0.1, 0.15) is 52.4 Å². The third kappa shape index (κ3) is 1.47. The molecule has 5 heteroatoms. The smallest absolute Gasteiger partial charge is 0.339 e. The summed E-state index contributed by atoms with van der Waals surface area (Å²) in [5.41, 5.74) is -2.11. The van der Waals surface area contributed by atoms with Crippen molar-refractivity contribution in [1.82, 2.24) is 5.32 Å². The molecule has 2 heterocycles. The Morgan fingerprint density at radius 1 is 1.35 bits per heavy atom. The van der Waals surface area contributed by atoms with Gasteiger partial charge in [-0.3, -0.25) is 4.79 Å². The first kappa shape index (κ1) is 13.9. The predicted octanol–water partition coefficient (Wildman–Crippen LogP) is 1.14. The molecule has 0 bridgehead atoms. The number of carbonyl (C=O) groups is 2. The van der Waals surface area contributed by atoms with Crippen molar-refractivity contribution in [2.24, 2.45) is 11.8 Å². The zero-order chi connectivity index (χ0) is 14.5. The van der Waals surface area contributed by atoms with Crippen LogP contribution in [0.2, 0.25) is 0 Å². The molecule has 0 radical (unpaired) electrons. The van der Waals surface area contributed by atoms with Gasteiger partial charge in [-0.15, -0.1) is 0 Å². The average molecular weight is 281 g/mol. The lowest BCUT2D eigenvalue weighted by Gasteiger charge is -2.54. The summed E-state index contributed by atoms with van der Waals surface area (Å²) in [6.45, 7) is 3.69. The van der Waals surface area contributed by atoms with Crippen LogP contribution < -0.4 is 5.32 Å². The Hall–Kier alpha value is -1.10. The van der Waals surface area contributed by atoms with Crippen molar-refractivity contribution in [3.05, 3.63) is 0 Å². The van der Waals surface area contributed by atoms with E-state index in [9.17, 15) is 14.7 Å². The number of nitrogens with one attached hydrogen (secondary N) is 1. The SMILES string of the molecule is CC[C@H]1C(=O)N[C@@]2([C@@H](O)C3CCCCC3)C(=O)O[C@@]12C. The number of rotatable bonds is 3. The van der Waals surface area contributed by atoms with Crippen molar-refractivity contribution in [1.29, 1.82) is 0 Å². The Morgan fingerprint density at radius 2 is 2.00 bits per heavy atom. The van der Waals surface area contributed by atoms with E-state index in [-0.39, 0.29) is 17.7 Å². The van der Waals surface area contributed by atoms with Crippen molar-refractivity contribution < 1.29 is 19.4 Å². The van der Waals surface area contributed by atoms with E-state index >= 15 is 0 Å². The van der Waals surface area contributed by atoms with Gasteiger partial charge in [-0.2, -0.15) is 0 Å². The van der Waals surface area contributed by atoms with Crippen LogP contribution in [0.4, 0.5) is 0 Å². The maximum atomic E-state index is 12.2. The fourth-order valence-corrected chi connectivity index (χ4v) is 4.43. The number of aliphatic hydroxyl groups is 1. The molecule has 3 aliphatic rings. The third-order valence-electron chi connectivity index (χ3n) is 5.66. The fraction of sp³-hybridized carbons (Fsp3) is 0.867. The highest BCUT2D eigenvalue weighted by Gasteiger charge is 2.79. The summed E-state index contributed by atoms with van der Waals surface area (Å²) in [6, 6.07) is 0. The standard InChI is InChI=1S/C15H23NO4/c1-3-10-12(18)16-15(13(19)20-14(10,15)2)11(17)9-7-5-4-6-8-9/h9-11,17H,3-8H2,1-2H3,(H,16,18)/t10-,11-,14-,15-/m0/s1. The summed E-state index contributed by atoms with van der Waals surface area (Å²) in [5, 5.41) is 13.6. The van der Waals surface area contributed by atoms with Crippen molar-refractivity contribution >= 4 is 11.9 Å². The van der Waals surface area contributed by atoms with E-state index in [1.54, 1.807) is 6.92 Å². The van der Waals surface area contributed by atoms with Crippen LogP contribution in [-0.2, 0) is 14.3 Å². The molecule has 4 atom stereocenters. The molecular formula is C15H23NO4. The Labute approximate surface area is 119 Å². The molecule has 2 aliphatic heterocycles. The molecule has 0 spiro atoms. The fourth-order valence-electron chi connectivity index (χ4n) is 4.43. The number of hydrogen-bond acceptors (Lipinski definition) is 4. The topological polar surface area (TPSA) is 75.6 Å².